The molecule has 0 bridgehead atoms. The Hall–Kier alpha value is -3.17. The summed E-state index contributed by atoms with van der Waals surface area (Å²) < 4.78 is 29.2. The number of nitrogens with one attached hydrogen (secondary N) is 1. The third kappa shape index (κ3) is 7.20. The van der Waals surface area contributed by atoms with Crippen molar-refractivity contribution in [3.8, 4) is 0 Å². The SMILES string of the molecule is CCCNC(=O)C(C)N(Cc1ccccc1C)C(=O)CN(c1cccc(Br)c1)S(=O)(=O)c1ccccc1. The maximum atomic E-state index is 13.9. The Bertz CT molecular complexity index is 1330. The van der Waals surface area contributed by atoms with Gasteiger partial charge in [0, 0.05) is 17.6 Å². The number of amides is 2. The molecule has 2 amide bonds. The largest absolute Gasteiger partial charge is 0.354 e. The first-order valence-electron chi connectivity index (χ1n) is 12.1. The van der Waals surface area contributed by atoms with Crippen LogP contribution in [0.15, 0.2) is 88.2 Å². The van der Waals surface area contributed by atoms with Crippen LogP contribution in [0, 0.1) is 6.92 Å². The van der Waals surface area contributed by atoms with Crippen LogP contribution in [0.1, 0.15) is 31.4 Å². The smallest absolute Gasteiger partial charge is 0.264 e. The lowest BCUT2D eigenvalue weighted by atomic mass is 10.1. The number of halogens is 1. The molecule has 0 aliphatic heterocycles. The number of anilines is 1. The Morgan fingerprint density at radius 1 is 0.973 bits per heavy atom. The molecule has 0 aliphatic rings. The Balaban J connectivity index is 2.02. The van der Waals surface area contributed by atoms with E-state index in [2.05, 4.69) is 21.2 Å². The van der Waals surface area contributed by atoms with Crippen molar-refractivity contribution >= 4 is 43.5 Å². The van der Waals surface area contributed by atoms with Gasteiger partial charge >= 0.3 is 0 Å². The highest BCUT2D eigenvalue weighted by atomic mass is 79.9. The Labute approximate surface area is 227 Å². The van der Waals surface area contributed by atoms with Gasteiger partial charge in [-0.2, -0.15) is 0 Å². The zero-order valence-corrected chi connectivity index (χ0v) is 23.6. The molecule has 9 heteroatoms. The molecular weight excluding hydrogens is 554 g/mol. The molecule has 0 aliphatic carbocycles. The number of hydrogen-bond acceptors (Lipinski definition) is 4. The van der Waals surface area contributed by atoms with E-state index in [4.69, 9.17) is 0 Å². The molecule has 0 radical (unpaired) electrons. The second kappa shape index (κ2) is 12.9. The average Bonchev–Trinajstić information content (AvgIpc) is 2.89. The minimum Gasteiger partial charge on any atom is -0.354 e. The predicted molar refractivity (Wildman–Crippen MR) is 150 cm³/mol. The fraction of sp³-hybridized carbons (Fsp3) is 0.286. The maximum Gasteiger partial charge on any atom is 0.264 e. The number of carbonyl (C=O) groups excluding carboxylic acids is 2. The van der Waals surface area contributed by atoms with Crippen LogP contribution in [0.2, 0.25) is 0 Å². The highest BCUT2D eigenvalue weighted by molar-refractivity contribution is 9.10. The standard InChI is InChI=1S/C28H32BrN3O4S/c1-4-17-30-28(34)22(3)31(19-23-12-9-8-11-21(23)2)27(33)20-32(25-14-10-13-24(29)18-25)37(35,36)26-15-6-5-7-16-26/h5-16,18,22H,4,17,19-20H2,1-3H3,(H,30,34). The van der Waals surface area contributed by atoms with Crippen LogP contribution in [0.4, 0.5) is 5.69 Å². The summed E-state index contributed by atoms with van der Waals surface area (Å²) in [4.78, 5) is 28.3. The normalized spacial score (nSPS) is 12.0. The molecule has 0 spiro atoms. The van der Waals surface area contributed by atoms with Crippen LogP contribution < -0.4 is 9.62 Å². The van der Waals surface area contributed by atoms with Crippen molar-refractivity contribution in [2.75, 3.05) is 17.4 Å². The Morgan fingerprint density at radius 2 is 1.65 bits per heavy atom. The van der Waals surface area contributed by atoms with Crippen LogP contribution in [0.5, 0.6) is 0 Å². The van der Waals surface area contributed by atoms with E-state index in [9.17, 15) is 18.0 Å². The lowest BCUT2D eigenvalue weighted by molar-refractivity contribution is -0.139. The third-order valence-electron chi connectivity index (χ3n) is 6.02. The van der Waals surface area contributed by atoms with Crippen molar-refractivity contribution < 1.29 is 18.0 Å². The molecule has 0 fully saturated rings. The van der Waals surface area contributed by atoms with Gasteiger partial charge in [-0.25, -0.2) is 8.42 Å². The van der Waals surface area contributed by atoms with E-state index in [-0.39, 0.29) is 17.3 Å². The van der Waals surface area contributed by atoms with Gasteiger partial charge in [0.1, 0.15) is 12.6 Å². The van der Waals surface area contributed by atoms with E-state index < -0.39 is 28.5 Å². The molecule has 1 unspecified atom stereocenters. The van der Waals surface area contributed by atoms with Crippen molar-refractivity contribution in [2.24, 2.45) is 0 Å². The monoisotopic (exact) mass is 585 g/mol. The molecule has 7 nitrogen and oxygen atoms in total. The van der Waals surface area contributed by atoms with Crippen molar-refractivity contribution in [3.05, 3.63) is 94.5 Å². The highest BCUT2D eigenvalue weighted by Gasteiger charge is 2.32. The second-order valence-corrected chi connectivity index (χ2v) is 11.5. The van der Waals surface area contributed by atoms with Gasteiger partial charge in [-0.05, 0) is 61.7 Å². The summed E-state index contributed by atoms with van der Waals surface area (Å²) in [6.45, 7) is 5.74. The van der Waals surface area contributed by atoms with Gasteiger partial charge in [0.05, 0.1) is 10.6 Å². The number of benzene rings is 3. The number of aryl methyl sites for hydroxylation is 1. The summed E-state index contributed by atoms with van der Waals surface area (Å²) in [5, 5.41) is 2.85. The van der Waals surface area contributed by atoms with Crippen LogP contribution in [-0.4, -0.2) is 44.3 Å². The Morgan fingerprint density at radius 3 is 2.30 bits per heavy atom. The molecule has 3 rings (SSSR count). The zero-order valence-electron chi connectivity index (χ0n) is 21.2. The molecule has 37 heavy (non-hydrogen) atoms. The lowest BCUT2D eigenvalue weighted by Crippen LogP contribution is -2.51. The molecule has 1 N–H and O–H groups in total. The number of nitrogens with zero attached hydrogens (tertiary/aromatic N) is 2. The molecule has 0 aromatic heterocycles. The summed E-state index contributed by atoms with van der Waals surface area (Å²) >= 11 is 3.40. The molecule has 0 heterocycles. The van der Waals surface area contributed by atoms with Crippen LogP contribution in [0.25, 0.3) is 0 Å². The quantitative estimate of drug-likeness (QED) is 0.347. The number of rotatable bonds is 11. The molecule has 1 atom stereocenters. The summed E-state index contributed by atoms with van der Waals surface area (Å²) in [6, 6.07) is 21.6. The van der Waals surface area contributed by atoms with E-state index in [0.717, 1.165) is 21.9 Å². The first-order chi connectivity index (χ1) is 17.6. The van der Waals surface area contributed by atoms with Crippen LogP contribution >= 0.6 is 15.9 Å². The minimum atomic E-state index is -4.08. The summed E-state index contributed by atoms with van der Waals surface area (Å²) in [5.74, 6) is -0.773. The molecule has 3 aromatic carbocycles. The van der Waals surface area contributed by atoms with Crippen molar-refractivity contribution in [1.29, 1.82) is 0 Å². The number of carbonyl (C=O) groups is 2. The molecule has 3 aromatic rings. The van der Waals surface area contributed by atoms with Gasteiger partial charge in [-0.1, -0.05) is 71.4 Å². The zero-order chi connectivity index (χ0) is 27.0. The maximum absolute atomic E-state index is 13.9. The molecular formula is C28H32BrN3O4S. The number of sulfonamides is 1. The molecule has 0 saturated heterocycles. The van der Waals surface area contributed by atoms with Crippen molar-refractivity contribution in [1.82, 2.24) is 10.2 Å². The van der Waals surface area contributed by atoms with E-state index in [1.807, 2.05) is 38.1 Å². The van der Waals surface area contributed by atoms with Gasteiger partial charge in [0.25, 0.3) is 10.0 Å². The topological polar surface area (TPSA) is 86.8 Å². The van der Waals surface area contributed by atoms with E-state index in [1.165, 1.54) is 17.0 Å². The van der Waals surface area contributed by atoms with Gasteiger partial charge < -0.3 is 10.2 Å². The Kier molecular flexibility index (Phi) is 9.88. The van der Waals surface area contributed by atoms with Gasteiger partial charge in [0.15, 0.2) is 0 Å². The lowest BCUT2D eigenvalue weighted by Gasteiger charge is -2.32. The van der Waals surface area contributed by atoms with E-state index >= 15 is 0 Å². The highest BCUT2D eigenvalue weighted by Crippen LogP contribution is 2.27. The molecule has 196 valence electrons. The van der Waals surface area contributed by atoms with Gasteiger partial charge in [0.2, 0.25) is 11.8 Å². The summed E-state index contributed by atoms with van der Waals surface area (Å²) in [5.41, 5.74) is 2.19. The minimum absolute atomic E-state index is 0.0713. The summed E-state index contributed by atoms with van der Waals surface area (Å²) in [6.07, 6.45) is 0.760. The fourth-order valence-corrected chi connectivity index (χ4v) is 5.64. The second-order valence-electron chi connectivity index (χ2n) is 8.72. The number of hydrogen-bond donors (Lipinski definition) is 1. The average molecular weight is 587 g/mol. The van der Waals surface area contributed by atoms with Crippen molar-refractivity contribution in [3.63, 3.8) is 0 Å². The first kappa shape index (κ1) is 28.4. The van der Waals surface area contributed by atoms with Gasteiger partial charge in [-0.3, -0.25) is 13.9 Å². The predicted octanol–water partition coefficient (Wildman–Crippen LogP) is 4.90. The van der Waals surface area contributed by atoms with E-state index in [1.54, 1.807) is 49.4 Å². The van der Waals surface area contributed by atoms with Crippen LogP contribution in [0.3, 0.4) is 0 Å². The summed E-state index contributed by atoms with van der Waals surface area (Å²) in [7, 11) is -4.08. The first-order valence-corrected chi connectivity index (χ1v) is 14.3. The van der Waals surface area contributed by atoms with Crippen LogP contribution in [-0.2, 0) is 26.2 Å². The third-order valence-corrected chi connectivity index (χ3v) is 8.31. The van der Waals surface area contributed by atoms with Gasteiger partial charge in [-0.15, -0.1) is 0 Å². The molecule has 0 saturated carbocycles. The van der Waals surface area contributed by atoms with E-state index in [0.29, 0.717) is 16.7 Å². The van der Waals surface area contributed by atoms with Crippen molar-refractivity contribution in [2.45, 2.75) is 44.7 Å². The fourth-order valence-electron chi connectivity index (χ4n) is 3.83.